The molecule has 128 valence electrons. The average molecular weight is 327 g/mol. The lowest BCUT2D eigenvalue weighted by atomic mass is 9.93. The van der Waals surface area contributed by atoms with Gasteiger partial charge in [-0.2, -0.15) is 0 Å². The molecule has 2 rings (SSSR count). The Hall–Kier alpha value is -2.33. The van der Waals surface area contributed by atoms with Crippen LogP contribution in [0.1, 0.15) is 42.9 Å². The highest BCUT2D eigenvalue weighted by molar-refractivity contribution is 5.83. The number of methoxy groups -OCH3 is 1. The zero-order valence-corrected chi connectivity index (χ0v) is 14.2. The van der Waals surface area contributed by atoms with E-state index >= 15 is 0 Å². The van der Waals surface area contributed by atoms with Crippen LogP contribution in [-0.2, 0) is 4.79 Å². The minimum Gasteiger partial charge on any atom is -0.497 e. The molecule has 4 heteroatoms. The van der Waals surface area contributed by atoms with Gasteiger partial charge in [-0.15, -0.1) is 0 Å². The number of carbonyl (C=O) groups is 1. The van der Waals surface area contributed by atoms with Crippen LogP contribution < -0.4 is 10.1 Å². The van der Waals surface area contributed by atoms with E-state index in [1.807, 2.05) is 30.3 Å². The van der Waals surface area contributed by atoms with Crippen molar-refractivity contribution in [2.45, 2.75) is 31.8 Å². The minimum absolute atomic E-state index is 0.0457. The Morgan fingerprint density at radius 1 is 1.08 bits per heavy atom. The van der Waals surface area contributed by atoms with Crippen LogP contribution in [0.25, 0.3) is 0 Å². The lowest BCUT2D eigenvalue weighted by Crippen LogP contribution is -2.32. The van der Waals surface area contributed by atoms with E-state index in [4.69, 9.17) is 4.74 Å². The smallest absolute Gasteiger partial charge is 0.227 e. The SMILES string of the molecule is CCCC(C(=O)NCC(O)c1ccc(OC)cc1)c1ccccc1. The highest BCUT2D eigenvalue weighted by Crippen LogP contribution is 2.22. The summed E-state index contributed by atoms with van der Waals surface area (Å²) in [7, 11) is 1.60. The summed E-state index contributed by atoms with van der Waals surface area (Å²) in [4.78, 5) is 12.5. The first kappa shape index (κ1) is 18.0. The molecular formula is C20H25NO3. The van der Waals surface area contributed by atoms with Gasteiger partial charge in [-0.3, -0.25) is 4.79 Å². The molecule has 0 aliphatic carbocycles. The van der Waals surface area contributed by atoms with E-state index < -0.39 is 6.10 Å². The van der Waals surface area contributed by atoms with Gasteiger partial charge in [0.05, 0.1) is 19.1 Å². The molecular weight excluding hydrogens is 302 g/mol. The van der Waals surface area contributed by atoms with E-state index in [1.54, 1.807) is 31.4 Å². The highest BCUT2D eigenvalue weighted by Gasteiger charge is 2.20. The summed E-state index contributed by atoms with van der Waals surface area (Å²) in [5.41, 5.74) is 1.76. The molecule has 2 atom stereocenters. The van der Waals surface area contributed by atoms with Crippen LogP contribution in [0.3, 0.4) is 0 Å². The number of ether oxygens (including phenoxy) is 1. The molecule has 2 aromatic carbocycles. The maximum absolute atomic E-state index is 12.5. The Labute approximate surface area is 143 Å². The highest BCUT2D eigenvalue weighted by atomic mass is 16.5. The van der Waals surface area contributed by atoms with Gasteiger partial charge in [0.15, 0.2) is 0 Å². The predicted octanol–water partition coefficient (Wildman–Crippen LogP) is 3.43. The summed E-state index contributed by atoms with van der Waals surface area (Å²) in [6, 6.07) is 17.0. The molecule has 1 amide bonds. The van der Waals surface area contributed by atoms with Crippen LogP contribution in [-0.4, -0.2) is 24.7 Å². The molecule has 4 nitrogen and oxygen atoms in total. The first-order valence-electron chi connectivity index (χ1n) is 8.30. The monoisotopic (exact) mass is 327 g/mol. The van der Waals surface area contributed by atoms with Crippen LogP contribution >= 0.6 is 0 Å². The van der Waals surface area contributed by atoms with Crippen molar-refractivity contribution >= 4 is 5.91 Å². The van der Waals surface area contributed by atoms with E-state index in [9.17, 15) is 9.90 Å². The third-order valence-electron chi connectivity index (χ3n) is 4.07. The lowest BCUT2D eigenvalue weighted by molar-refractivity contribution is -0.123. The Balaban J connectivity index is 1.96. The fourth-order valence-corrected chi connectivity index (χ4v) is 2.69. The van der Waals surface area contributed by atoms with Crippen LogP contribution in [0, 0.1) is 0 Å². The molecule has 0 aliphatic heterocycles. The van der Waals surface area contributed by atoms with Gasteiger partial charge >= 0.3 is 0 Å². The van der Waals surface area contributed by atoms with Gasteiger partial charge in [-0.05, 0) is 29.7 Å². The standard InChI is InChI=1S/C20H25NO3/c1-3-7-18(15-8-5-4-6-9-15)20(23)21-14-19(22)16-10-12-17(24-2)13-11-16/h4-6,8-13,18-19,22H,3,7,14H2,1-2H3,(H,21,23). The van der Waals surface area contributed by atoms with Crippen molar-refractivity contribution < 1.29 is 14.6 Å². The number of amides is 1. The van der Waals surface area contributed by atoms with Crippen LogP contribution in [0.2, 0.25) is 0 Å². The van der Waals surface area contributed by atoms with Gasteiger partial charge < -0.3 is 15.2 Å². The third-order valence-corrected chi connectivity index (χ3v) is 4.07. The van der Waals surface area contributed by atoms with Gasteiger partial charge in [0, 0.05) is 6.54 Å². The molecule has 24 heavy (non-hydrogen) atoms. The molecule has 0 radical (unpaired) electrons. The molecule has 0 fully saturated rings. The zero-order valence-electron chi connectivity index (χ0n) is 14.2. The number of rotatable bonds is 8. The van der Waals surface area contributed by atoms with Crippen molar-refractivity contribution in [3.8, 4) is 5.75 Å². The van der Waals surface area contributed by atoms with Crippen molar-refractivity contribution in [1.82, 2.24) is 5.32 Å². The molecule has 0 spiro atoms. The van der Waals surface area contributed by atoms with E-state index in [0.717, 1.165) is 29.7 Å². The number of hydrogen-bond donors (Lipinski definition) is 2. The molecule has 0 bridgehead atoms. The van der Waals surface area contributed by atoms with Gasteiger partial charge in [0.25, 0.3) is 0 Å². The minimum atomic E-state index is -0.738. The lowest BCUT2D eigenvalue weighted by Gasteiger charge is -2.18. The summed E-state index contributed by atoms with van der Waals surface area (Å²) < 4.78 is 5.10. The quantitative estimate of drug-likeness (QED) is 0.781. The Morgan fingerprint density at radius 2 is 1.75 bits per heavy atom. The molecule has 0 saturated heterocycles. The van der Waals surface area contributed by atoms with Gasteiger partial charge in [0.2, 0.25) is 5.91 Å². The Bertz CT molecular complexity index is 625. The van der Waals surface area contributed by atoms with Crippen LogP contribution in [0.4, 0.5) is 0 Å². The second-order valence-electron chi connectivity index (χ2n) is 5.79. The molecule has 0 saturated carbocycles. The zero-order chi connectivity index (χ0) is 17.4. The van der Waals surface area contributed by atoms with Crippen LogP contribution in [0.5, 0.6) is 5.75 Å². The molecule has 0 heterocycles. The number of aliphatic hydroxyl groups is 1. The van der Waals surface area contributed by atoms with Crippen molar-refractivity contribution in [2.24, 2.45) is 0 Å². The summed E-state index contributed by atoms with van der Waals surface area (Å²) in [5.74, 6) is 0.511. The largest absolute Gasteiger partial charge is 0.497 e. The van der Waals surface area contributed by atoms with Crippen molar-refractivity contribution in [3.05, 3.63) is 65.7 Å². The number of benzene rings is 2. The second kappa shape index (κ2) is 9.08. The maximum atomic E-state index is 12.5. The molecule has 0 aliphatic rings. The van der Waals surface area contributed by atoms with E-state index in [0.29, 0.717) is 0 Å². The number of aliphatic hydroxyl groups excluding tert-OH is 1. The van der Waals surface area contributed by atoms with Crippen molar-refractivity contribution in [2.75, 3.05) is 13.7 Å². The molecule has 0 aromatic heterocycles. The van der Waals surface area contributed by atoms with Crippen molar-refractivity contribution in [1.29, 1.82) is 0 Å². The van der Waals surface area contributed by atoms with Crippen molar-refractivity contribution in [3.63, 3.8) is 0 Å². The van der Waals surface area contributed by atoms with Gasteiger partial charge in [-0.1, -0.05) is 55.8 Å². The average Bonchev–Trinajstić information content (AvgIpc) is 2.64. The summed E-state index contributed by atoms with van der Waals surface area (Å²) in [6.45, 7) is 2.26. The van der Waals surface area contributed by atoms with E-state index in [2.05, 4.69) is 12.2 Å². The fourth-order valence-electron chi connectivity index (χ4n) is 2.69. The fraction of sp³-hybridized carbons (Fsp3) is 0.350. The second-order valence-corrected chi connectivity index (χ2v) is 5.79. The van der Waals surface area contributed by atoms with E-state index in [1.165, 1.54) is 0 Å². The topological polar surface area (TPSA) is 58.6 Å². The van der Waals surface area contributed by atoms with Crippen LogP contribution in [0.15, 0.2) is 54.6 Å². The summed E-state index contributed by atoms with van der Waals surface area (Å²) in [5, 5.41) is 13.1. The number of hydrogen-bond acceptors (Lipinski definition) is 3. The normalized spacial score (nSPS) is 13.1. The first-order chi connectivity index (χ1) is 11.7. The molecule has 2 unspecified atom stereocenters. The number of carbonyl (C=O) groups excluding carboxylic acids is 1. The molecule has 2 N–H and O–H groups in total. The summed E-state index contributed by atoms with van der Waals surface area (Å²) in [6.07, 6.45) is 0.973. The first-order valence-corrected chi connectivity index (χ1v) is 8.30. The summed E-state index contributed by atoms with van der Waals surface area (Å²) >= 11 is 0. The Kier molecular flexibility index (Phi) is 6.82. The third kappa shape index (κ3) is 4.83. The molecule has 2 aromatic rings. The number of nitrogens with one attached hydrogen (secondary N) is 1. The van der Waals surface area contributed by atoms with E-state index in [-0.39, 0.29) is 18.4 Å². The predicted molar refractivity (Wildman–Crippen MR) is 95.1 cm³/mol. The maximum Gasteiger partial charge on any atom is 0.227 e. The van der Waals surface area contributed by atoms with Gasteiger partial charge in [0.1, 0.15) is 5.75 Å². The Morgan fingerprint density at radius 3 is 2.33 bits per heavy atom. The van der Waals surface area contributed by atoms with Gasteiger partial charge in [-0.25, -0.2) is 0 Å².